The fourth-order valence-corrected chi connectivity index (χ4v) is 7.31. The van der Waals surface area contributed by atoms with Crippen molar-refractivity contribution in [2.45, 2.75) is 0 Å². The molecule has 0 saturated carbocycles. The second-order valence-corrected chi connectivity index (χ2v) is 11.8. The van der Waals surface area contributed by atoms with Crippen LogP contribution in [0.3, 0.4) is 0 Å². The number of para-hydroxylation sites is 1. The van der Waals surface area contributed by atoms with E-state index in [-0.39, 0.29) is 0 Å². The lowest BCUT2D eigenvalue weighted by atomic mass is 9.91. The highest BCUT2D eigenvalue weighted by Crippen LogP contribution is 2.40. The maximum Gasteiger partial charge on any atom is 0.145 e. The zero-order chi connectivity index (χ0) is 28.8. The SMILES string of the molecule is c1cc(-c2ccc3c4ccccc4c4ccccc4c3c2)cc(-c2ccc3[nH]c4ccc5c6ccccc6oc5c4c3c2)c1. The van der Waals surface area contributed by atoms with Crippen molar-refractivity contribution in [1.29, 1.82) is 0 Å². The van der Waals surface area contributed by atoms with E-state index in [0.717, 1.165) is 38.4 Å². The van der Waals surface area contributed by atoms with Crippen molar-refractivity contribution >= 4 is 76.1 Å². The van der Waals surface area contributed by atoms with Crippen molar-refractivity contribution in [3.8, 4) is 22.3 Å². The molecule has 0 fully saturated rings. The Morgan fingerprint density at radius 1 is 0.341 bits per heavy atom. The van der Waals surface area contributed by atoms with Crippen molar-refractivity contribution < 1.29 is 4.42 Å². The monoisotopic (exact) mass is 559 g/mol. The number of aromatic nitrogens is 1. The lowest BCUT2D eigenvalue weighted by molar-refractivity contribution is 0.673. The van der Waals surface area contributed by atoms with Crippen molar-refractivity contribution in [2.24, 2.45) is 0 Å². The number of H-pyrrole nitrogens is 1. The van der Waals surface area contributed by atoms with Crippen LogP contribution in [0.1, 0.15) is 0 Å². The summed E-state index contributed by atoms with van der Waals surface area (Å²) in [6, 6.07) is 52.7. The largest absolute Gasteiger partial charge is 0.455 e. The smallest absolute Gasteiger partial charge is 0.145 e. The Labute approximate surface area is 252 Å². The van der Waals surface area contributed by atoms with Gasteiger partial charge in [-0.25, -0.2) is 0 Å². The summed E-state index contributed by atoms with van der Waals surface area (Å²) in [5, 5.41) is 12.4. The van der Waals surface area contributed by atoms with E-state index in [0.29, 0.717) is 0 Å². The van der Waals surface area contributed by atoms with Crippen LogP contribution in [0.25, 0.3) is 98.3 Å². The first-order valence-electron chi connectivity index (χ1n) is 15.1. The van der Waals surface area contributed by atoms with E-state index in [1.165, 1.54) is 60.0 Å². The quantitative estimate of drug-likeness (QED) is 0.210. The van der Waals surface area contributed by atoms with E-state index in [4.69, 9.17) is 4.42 Å². The second kappa shape index (κ2) is 8.82. The maximum atomic E-state index is 6.43. The number of benzene rings is 8. The highest BCUT2D eigenvalue weighted by atomic mass is 16.3. The number of hydrogen-bond acceptors (Lipinski definition) is 1. The van der Waals surface area contributed by atoms with Crippen molar-refractivity contribution in [3.05, 3.63) is 146 Å². The summed E-state index contributed by atoms with van der Waals surface area (Å²) in [5.74, 6) is 0. The van der Waals surface area contributed by atoms with Crippen LogP contribution in [-0.2, 0) is 0 Å². The van der Waals surface area contributed by atoms with Gasteiger partial charge in [0, 0.05) is 21.7 Å². The summed E-state index contributed by atoms with van der Waals surface area (Å²) in [6.45, 7) is 0. The van der Waals surface area contributed by atoms with Crippen molar-refractivity contribution in [3.63, 3.8) is 0 Å². The number of nitrogens with one attached hydrogen (secondary N) is 1. The second-order valence-electron chi connectivity index (χ2n) is 11.8. The molecule has 0 spiro atoms. The molecular formula is C42H25NO. The first kappa shape index (κ1) is 23.7. The van der Waals surface area contributed by atoms with Crippen LogP contribution in [-0.4, -0.2) is 4.98 Å². The minimum absolute atomic E-state index is 0.921. The molecule has 0 aliphatic heterocycles. The standard InChI is InChI=1S/C42H25NO/c1-2-12-31-29(10-1)30-11-3-4-13-32(30)36-23-27(16-18-33(31)36)25-8-7-9-26(22-25)28-17-20-38-37(24-28)41-39(43-38)21-19-35-34-14-5-6-15-40(34)44-42(35)41/h1-24,43H. The van der Waals surface area contributed by atoms with Gasteiger partial charge >= 0.3 is 0 Å². The van der Waals surface area contributed by atoms with E-state index < -0.39 is 0 Å². The van der Waals surface area contributed by atoms with E-state index in [1.54, 1.807) is 0 Å². The van der Waals surface area contributed by atoms with Crippen LogP contribution < -0.4 is 0 Å². The Morgan fingerprint density at radius 2 is 0.864 bits per heavy atom. The molecule has 8 aromatic carbocycles. The minimum Gasteiger partial charge on any atom is -0.455 e. The summed E-state index contributed by atoms with van der Waals surface area (Å²) in [4.78, 5) is 3.61. The van der Waals surface area contributed by atoms with Gasteiger partial charge in [-0.15, -0.1) is 0 Å². The summed E-state index contributed by atoms with van der Waals surface area (Å²) in [5.41, 5.74) is 8.87. The van der Waals surface area contributed by atoms with E-state index in [2.05, 4.69) is 138 Å². The summed E-state index contributed by atoms with van der Waals surface area (Å²) < 4.78 is 6.43. The summed E-state index contributed by atoms with van der Waals surface area (Å²) in [7, 11) is 0. The van der Waals surface area contributed by atoms with Gasteiger partial charge < -0.3 is 9.40 Å². The highest BCUT2D eigenvalue weighted by molar-refractivity contribution is 6.26. The highest BCUT2D eigenvalue weighted by Gasteiger charge is 2.15. The minimum atomic E-state index is 0.921. The van der Waals surface area contributed by atoms with Gasteiger partial charge in [-0.2, -0.15) is 0 Å². The number of hydrogen-bond donors (Lipinski definition) is 1. The van der Waals surface area contributed by atoms with Gasteiger partial charge in [-0.1, -0.05) is 103 Å². The lowest BCUT2D eigenvalue weighted by Gasteiger charge is -2.12. The molecule has 0 unspecified atom stereocenters. The maximum absolute atomic E-state index is 6.43. The molecule has 0 radical (unpaired) electrons. The molecule has 0 amide bonds. The number of furan rings is 1. The number of fused-ring (bicyclic) bond motifs is 13. The van der Waals surface area contributed by atoms with E-state index in [9.17, 15) is 0 Å². The molecule has 2 heterocycles. The lowest BCUT2D eigenvalue weighted by Crippen LogP contribution is -1.86. The van der Waals surface area contributed by atoms with Gasteiger partial charge in [0.2, 0.25) is 0 Å². The average Bonchev–Trinajstić information content (AvgIpc) is 3.66. The normalized spacial score (nSPS) is 12.1. The molecule has 0 aliphatic carbocycles. The third-order valence-electron chi connectivity index (χ3n) is 9.38. The Hall–Kier alpha value is -5.86. The first-order chi connectivity index (χ1) is 21.8. The molecule has 10 rings (SSSR count). The van der Waals surface area contributed by atoms with Crippen LogP contribution >= 0.6 is 0 Å². The molecule has 44 heavy (non-hydrogen) atoms. The summed E-state index contributed by atoms with van der Waals surface area (Å²) in [6.07, 6.45) is 0. The zero-order valence-electron chi connectivity index (χ0n) is 23.8. The van der Waals surface area contributed by atoms with E-state index >= 15 is 0 Å². The van der Waals surface area contributed by atoms with Crippen molar-refractivity contribution in [2.75, 3.05) is 0 Å². The number of aromatic amines is 1. The summed E-state index contributed by atoms with van der Waals surface area (Å²) >= 11 is 0. The van der Waals surface area contributed by atoms with Crippen molar-refractivity contribution in [1.82, 2.24) is 4.98 Å². The Balaban J connectivity index is 1.15. The molecule has 0 aliphatic rings. The van der Waals surface area contributed by atoms with Crippen LogP contribution in [0, 0.1) is 0 Å². The molecule has 204 valence electrons. The average molecular weight is 560 g/mol. The fraction of sp³-hybridized carbons (Fsp3) is 0. The predicted octanol–water partition coefficient (Wildman–Crippen LogP) is 12.0. The van der Waals surface area contributed by atoms with Gasteiger partial charge in [-0.3, -0.25) is 0 Å². The Kier molecular flexibility index (Phi) is 4.75. The van der Waals surface area contributed by atoms with Gasteiger partial charge in [0.05, 0.1) is 10.9 Å². The van der Waals surface area contributed by atoms with Gasteiger partial charge in [0.1, 0.15) is 11.2 Å². The molecule has 1 N–H and O–H groups in total. The predicted molar refractivity (Wildman–Crippen MR) is 186 cm³/mol. The van der Waals surface area contributed by atoms with Crippen LogP contribution in [0.15, 0.2) is 150 Å². The molecule has 0 atom stereocenters. The molecule has 2 aromatic heterocycles. The topological polar surface area (TPSA) is 28.9 Å². The zero-order valence-corrected chi connectivity index (χ0v) is 23.8. The van der Waals surface area contributed by atoms with Crippen LogP contribution in [0.4, 0.5) is 0 Å². The Bertz CT molecular complexity index is 2740. The number of rotatable bonds is 2. The molecule has 0 saturated heterocycles. The first-order valence-corrected chi connectivity index (χ1v) is 15.1. The Morgan fingerprint density at radius 3 is 1.59 bits per heavy atom. The molecule has 10 aromatic rings. The van der Waals surface area contributed by atoms with Gasteiger partial charge in [0.25, 0.3) is 0 Å². The third-order valence-corrected chi connectivity index (χ3v) is 9.38. The third kappa shape index (κ3) is 3.31. The fourth-order valence-electron chi connectivity index (χ4n) is 7.31. The molecule has 0 bridgehead atoms. The molecular weight excluding hydrogens is 534 g/mol. The molecule has 2 nitrogen and oxygen atoms in total. The van der Waals surface area contributed by atoms with Gasteiger partial charge in [-0.05, 0) is 97.0 Å². The van der Waals surface area contributed by atoms with Gasteiger partial charge in [0.15, 0.2) is 0 Å². The molecule has 2 heteroatoms. The van der Waals surface area contributed by atoms with E-state index in [1.807, 2.05) is 12.1 Å². The van der Waals surface area contributed by atoms with Crippen LogP contribution in [0.2, 0.25) is 0 Å². The van der Waals surface area contributed by atoms with Crippen LogP contribution in [0.5, 0.6) is 0 Å².